The number of hydrogen-bond acceptors (Lipinski definition) is 17. The summed E-state index contributed by atoms with van der Waals surface area (Å²) in [7, 11) is 4.78. The van der Waals surface area contributed by atoms with Crippen LogP contribution in [0.2, 0.25) is 0 Å². The van der Waals surface area contributed by atoms with Crippen molar-refractivity contribution in [3.8, 4) is 17.2 Å². The summed E-state index contributed by atoms with van der Waals surface area (Å²) in [6, 6.07) is -0.717. The molecule has 0 aliphatic carbocycles. The number of rotatable bonds is 15. The first kappa shape index (κ1) is 34.9. The molecule has 0 aliphatic rings. The lowest BCUT2D eigenvalue weighted by atomic mass is 10.1. The molecule has 1 unspecified atom stereocenters. The van der Waals surface area contributed by atoms with E-state index < -0.39 is 71.8 Å². The van der Waals surface area contributed by atoms with Crippen molar-refractivity contribution in [3.63, 3.8) is 0 Å². The Morgan fingerprint density at radius 3 is 1.95 bits per heavy atom. The van der Waals surface area contributed by atoms with Gasteiger partial charge >= 0.3 is 29.8 Å². The first-order valence-corrected chi connectivity index (χ1v) is 11.7. The molecule has 0 aliphatic heterocycles. The lowest BCUT2D eigenvalue weighted by Gasteiger charge is -2.24. The zero-order chi connectivity index (χ0) is 31.2. The number of nitrogens with two attached hydrogens (primary N) is 1. The molecule has 1 aromatic carbocycles. The van der Waals surface area contributed by atoms with Gasteiger partial charge < -0.3 is 43.9 Å². The molecule has 17 heteroatoms. The van der Waals surface area contributed by atoms with Crippen LogP contribution in [0.1, 0.15) is 26.3 Å². The summed E-state index contributed by atoms with van der Waals surface area (Å²) in [6.45, 7) is 3.75. The van der Waals surface area contributed by atoms with Crippen LogP contribution >= 0.6 is 0 Å². The van der Waals surface area contributed by atoms with E-state index in [9.17, 15) is 24.0 Å². The van der Waals surface area contributed by atoms with E-state index in [4.69, 9.17) is 29.5 Å². The third-order valence-electron chi connectivity index (χ3n) is 4.35. The molecule has 0 bridgehead atoms. The predicted octanol–water partition coefficient (Wildman–Crippen LogP) is -0.665. The minimum absolute atomic E-state index is 0.0379. The number of ether oxygens (including phenoxy) is 5. The third kappa shape index (κ3) is 11.9. The molecule has 0 heterocycles. The van der Waals surface area contributed by atoms with Gasteiger partial charge in [0.25, 0.3) is 0 Å². The van der Waals surface area contributed by atoms with Crippen molar-refractivity contribution in [1.29, 1.82) is 0 Å². The zero-order valence-electron chi connectivity index (χ0n) is 23.6. The third-order valence-corrected chi connectivity index (χ3v) is 4.35. The van der Waals surface area contributed by atoms with Crippen LogP contribution in [0.3, 0.4) is 0 Å². The Hall–Kier alpha value is -4.13. The number of hydroxylamine groups is 3. The first-order chi connectivity index (χ1) is 19.3. The predicted molar refractivity (Wildman–Crippen MR) is 139 cm³/mol. The first-order valence-electron chi connectivity index (χ1n) is 11.7. The maximum atomic E-state index is 13.2. The number of nitrogens with one attached hydrogen (secondary N) is 3. The molecule has 5 N–H and O–H groups in total. The maximum absolute atomic E-state index is 13.2. The van der Waals surface area contributed by atoms with E-state index in [-0.39, 0.29) is 11.3 Å². The van der Waals surface area contributed by atoms with Gasteiger partial charge in [0.1, 0.15) is 18.7 Å². The fraction of sp³-hybridized carbons (Fsp3) is 0.458. The molecule has 1 aromatic rings. The Kier molecular flexibility index (Phi) is 14.3. The highest BCUT2D eigenvalue weighted by molar-refractivity contribution is 6.01. The molecule has 0 saturated carbocycles. The standard InChI is InChI=1S/C24H34N4O13/c1-24(2,3)41-23(33)19(28-37-7)22(32)40-21-18(25)13(8-9-15(29)34-4)10-14(38-16(30)11-26-35-5)20(21)39-17(31)12-27-36-6/h8-10,19,26-28H,11-12,25H2,1-7H3/b9-8+. The van der Waals surface area contributed by atoms with Crippen LogP contribution in [0.5, 0.6) is 17.2 Å². The Bertz CT molecular complexity index is 1130. The molecule has 0 amide bonds. The van der Waals surface area contributed by atoms with Crippen LogP contribution in [-0.2, 0) is 48.0 Å². The highest BCUT2D eigenvalue weighted by Gasteiger charge is 2.35. The van der Waals surface area contributed by atoms with E-state index in [0.29, 0.717) is 0 Å². The summed E-state index contributed by atoms with van der Waals surface area (Å²) < 4.78 is 25.8. The van der Waals surface area contributed by atoms with Gasteiger partial charge in [-0.25, -0.2) is 14.4 Å². The van der Waals surface area contributed by atoms with Gasteiger partial charge in [0, 0.05) is 11.6 Å². The van der Waals surface area contributed by atoms with Crippen LogP contribution in [0.4, 0.5) is 5.69 Å². The van der Waals surface area contributed by atoms with E-state index in [1.807, 2.05) is 0 Å². The summed E-state index contributed by atoms with van der Waals surface area (Å²) >= 11 is 0. The van der Waals surface area contributed by atoms with E-state index in [2.05, 4.69) is 30.9 Å². The fourth-order valence-corrected chi connectivity index (χ4v) is 2.69. The summed E-state index contributed by atoms with van der Waals surface area (Å²) in [4.78, 5) is 76.4. The molecule has 41 heavy (non-hydrogen) atoms. The van der Waals surface area contributed by atoms with Gasteiger partial charge in [0.15, 0.2) is 5.75 Å². The van der Waals surface area contributed by atoms with Crippen LogP contribution in [0.25, 0.3) is 6.08 Å². The number of methoxy groups -OCH3 is 1. The van der Waals surface area contributed by atoms with E-state index in [1.54, 1.807) is 20.8 Å². The molecular weight excluding hydrogens is 552 g/mol. The van der Waals surface area contributed by atoms with Gasteiger partial charge in [0.05, 0.1) is 34.1 Å². The Morgan fingerprint density at radius 1 is 0.854 bits per heavy atom. The molecule has 0 spiro atoms. The maximum Gasteiger partial charge on any atom is 0.342 e. The quantitative estimate of drug-likeness (QED) is 0.0500. The van der Waals surface area contributed by atoms with Crippen molar-refractivity contribution >= 4 is 41.6 Å². The molecule has 1 atom stereocenters. The Labute approximate surface area is 235 Å². The molecule has 228 valence electrons. The monoisotopic (exact) mass is 586 g/mol. The number of carbonyl (C=O) groups excluding carboxylic acids is 5. The van der Waals surface area contributed by atoms with Gasteiger partial charge in [-0.1, -0.05) is 0 Å². The minimum Gasteiger partial charge on any atom is -0.466 e. The smallest absolute Gasteiger partial charge is 0.342 e. The highest BCUT2D eigenvalue weighted by Crippen LogP contribution is 2.45. The van der Waals surface area contributed by atoms with Crippen molar-refractivity contribution in [1.82, 2.24) is 16.4 Å². The van der Waals surface area contributed by atoms with E-state index in [1.165, 1.54) is 14.2 Å². The van der Waals surface area contributed by atoms with Crippen LogP contribution in [-0.4, -0.2) is 83.0 Å². The molecule has 1 rings (SSSR count). The molecule has 0 radical (unpaired) electrons. The average Bonchev–Trinajstić information content (AvgIpc) is 2.90. The zero-order valence-corrected chi connectivity index (χ0v) is 23.6. The second-order valence-corrected chi connectivity index (χ2v) is 8.60. The summed E-state index contributed by atoms with van der Waals surface area (Å²) in [6.07, 6.45) is 2.12. The number of nitrogen functional groups attached to an aromatic ring is 1. The molecule has 17 nitrogen and oxygen atoms in total. The summed E-state index contributed by atoms with van der Waals surface area (Å²) in [5.41, 5.74) is 11.5. The van der Waals surface area contributed by atoms with Gasteiger partial charge in [-0.05, 0) is 32.9 Å². The Morgan fingerprint density at radius 2 is 1.44 bits per heavy atom. The minimum atomic E-state index is -1.84. The van der Waals surface area contributed by atoms with Crippen molar-refractivity contribution in [3.05, 3.63) is 17.7 Å². The normalized spacial score (nSPS) is 12.0. The largest absolute Gasteiger partial charge is 0.466 e. The van der Waals surface area contributed by atoms with Crippen LogP contribution in [0, 0.1) is 0 Å². The van der Waals surface area contributed by atoms with E-state index in [0.717, 1.165) is 32.4 Å². The highest BCUT2D eigenvalue weighted by atomic mass is 16.7. The van der Waals surface area contributed by atoms with Gasteiger partial charge in [-0.3, -0.25) is 9.59 Å². The fourth-order valence-electron chi connectivity index (χ4n) is 2.69. The topological polar surface area (TPSA) is 221 Å². The number of benzene rings is 1. The average molecular weight is 587 g/mol. The number of esters is 5. The van der Waals surface area contributed by atoms with Gasteiger partial charge in [-0.15, -0.1) is 0 Å². The lowest BCUT2D eigenvalue weighted by Crippen LogP contribution is -2.48. The molecule has 0 aromatic heterocycles. The second-order valence-electron chi connectivity index (χ2n) is 8.60. The van der Waals surface area contributed by atoms with Crippen molar-refractivity contribution in [2.24, 2.45) is 0 Å². The molecule has 0 fully saturated rings. The van der Waals surface area contributed by atoms with Crippen LogP contribution < -0.4 is 36.4 Å². The van der Waals surface area contributed by atoms with Crippen molar-refractivity contribution in [2.75, 3.05) is 47.3 Å². The summed E-state index contributed by atoms with van der Waals surface area (Å²) in [5.74, 6) is -6.83. The summed E-state index contributed by atoms with van der Waals surface area (Å²) in [5, 5.41) is 0. The SMILES string of the molecule is CONCC(=O)Oc1cc(/C=C/C(=O)OC)c(N)c(OC(=O)C(NOC)C(=O)OC(C)(C)C)c1OC(=O)CNOC. The van der Waals surface area contributed by atoms with Crippen LogP contribution in [0.15, 0.2) is 12.1 Å². The van der Waals surface area contributed by atoms with Crippen molar-refractivity contribution < 1.29 is 62.2 Å². The van der Waals surface area contributed by atoms with Gasteiger partial charge in [0.2, 0.25) is 17.5 Å². The lowest BCUT2D eigenvalue weighted by molar-refractivity contribution is -0.167. The number of carbonyl (C=O) groups is 5. The number of hydrogen-bond donors (Lipinski definition) is 4. The van der Waals surface area contributed by atoms with E-state index >= 15 is 0 Å². The molecule has 0 saturated heterocycles. The second kappa shape index (κ2) is 16.9. The Balaban J connectivity index is 3.76. The molecular formula is C24H34N4O13. The van der Waals surface area contributed by atoms with Crippen molar-refractivity contribution in [2.45, 2.75) is 32.4 Å². The number of anilines is 1. The van der Waals surface area contributed by atoms with Gasteiger partial charge in [-0.2, -0.15) is 16.4 Å².